The van der Waals surface area contributed by atoms with Gasteiger partial charge in [0, 0.05) is 32.3 Å². The molecule has 4 heteroatoms. The highest BCUT2D eigenvalue weighted by atomic mass is 16.5. The van der Waals surface area contributed by atoms with Crippen molar-refractivity contribution in [3.05, 3.63) is 0 Å². The summed E-state index contributed by atoms with van der Waals surface area (Å²) in [5.74, 6) is 0.650. The third kappa shape index (κ3) is 3.35. The summed E-state index contributed by atoms with van der Waals surface area (Å²) >= 11 is 0. The van der Waals surface area contributed by atoms with Crippen LogP contribution in [0.5, 0.6) is 0 Å². The third-order valence-corrected chi connectivity index (χ3v) is 5.38. The van der Waals surface area contributed by atoms with E-state index in [0.717, 1.165) is 45.5 Å². The van der Waals surface area contributed by atoms with Gasteiger partial charge in [-0.25, -0.2) is 0 Å². The van der Waals surface area contributed by atoms with Crippen molar-refractivity contribution in [2.75, 3.05) is 33.4 Å². The maximum absolute atomic E-state index is 6.21. The molecular formula is C16H32N2O2. The smallest absolute Gasteiger partial charge is 0.0724 e. The Morgan fingerprint density at radius 3 is 2.90 bits per heavy atom. The summed E-state index contributed by atoms with van der Waals surface area (Å²) in [6.07, 6.45) is 6.43. The molecule has 2 rings (SSSR count). The van der Waals surface area contributed by atoms with Crippen LogP contribution >= 0.6 is 0 Å². The van der Waals surface area contributed by atoms with E-state index in [4.69, 9.17) is 15.2 Å². The quantitative estimate of drug-likeness (QED) is 0.839. The summed E-state index contributed by atoms with van der Waals surface area (Å²) in [5, 5.41) is 0. The summed E-state index contributed by atoms with van der Waals surface area (Å²) in [5.41, 5.74) is 6.34. The van der Waals surface area contributed by atoms with E-state index in [-0.39, 0.29) is 5.54 Å². The molecule has 0 spiro atoms. The van der Waals surface area contributed by atoms with Gasteiger partial charge in [-0.05, 0) is 38.1 Å². The number of hydrogen-bond donors (Lipinski definition) is 1. The van der Waals surface area contributed by atoms with E-state index < -0.39 is 0 Å². The van der Waals surface area contributed by atoms with Crippen LogP contribution in [0.15, 0.2) is 0 Å². The van der Waals surface area contributed by atoms with Crippen LogP contribution in [-0.2, 0) is 9.47 Å². The number of methoxy groups -OCH3 is 1. The van der Waals surface area contributed by atoms with Gasteiger partial charge < -0.3 is 15.2 Å². The van der Waals surface area contributed by atoms with Gasteiger partial charge >= 0.3 is 0 Å². The zero-order valence-electron chi connectivity index (χ0n) is 13.4. The van der Waals surface area contributed by atoms with Gasteiger partial charge in [0.1, 0.15) is 0 Å². The summed E-state index contributed by atoms with van der Waals surface area (Å²) in [6, 6.07) is 0. The highest BCUT2D eigenvalue weighted by molar-refractivity contribution is 4.99. The first kappa shape index (κ1) is 16.2. The number of nitrogens with two attached hydrogens (primary N) is 1. The molecule has 2 heterocycles. The summed E-state index contributed by atoms with van der Waals surface area (Å²) in [7, 11) is 1.84. The lowest BCUT2D eigenvalue weighted by molar-refractivity contribution is -0.105. The Labute approximate surface area is 124 Å². The van der Waals surface area contributed by atoms with Crippen molar-refractivity contribution < 1.29 is 9.47 Å². The molecule has 0 amide bonds. The fraction of sp³-hybridized carbons (Fsp3) is 1.00. The van der Waals surface area contributed by atoms with Crippen LogP contribution in [0.4, 0.5) is 0 Å². The maximum atomic E-state index is 6.21. The average Bonchev–Trinajstić information content (AvgIpc) is 2.48. The minimum absolute atomic E-state index is 0.134. The first-order valence-corrected chi connectivity index (χ1v) is 8.24. The number of hydrogen-bond acceptors (Lipinski definition) is 4. The number of likely N-dealkylation sites (tertiary alicyclic amines) is 1. The molecule has 20 heavy (non-hydrogen) atoms. The van der Waals surface area contributed by atoms with Crippen molar-refractivity contribution in [1.82, 2.24) is 4.90 Å². The Bertz CT molecular complexity index is 298. The number of piperidine rings is 1. The zero-order valence-corrected chi connectivity index (χ0v) is 13.4. The topological polar surface area (TPSA) is 47.7 Å². The molecule has 4 unspecified atom stereocenters. The van der Waals surface area contributed by atoms with Crippen LogP contribution in [0, 0.1) is 5.92 Å². The predicted molar refractivity (Wildman–Crippen MR) is 81.8 cm³/mol. The molecule has 0 aliphatic carbocycles. The Hall–Kier alpha value is -0.160. The molecular weight excluding hydrogens is 252 g/mol. The number of ether oxygens (including phenoxy) is 2. The van der Waals surface area contributed by atoms with E-state index >= 15 is 0 Å². The Kier molecular flexibility index (Phi) is 5.84. The van der Waals surface area contributed by atoms with E-state index in [9.17, 15) is 0 Å². The molecule has 2 aliphatic heterocycles. The van der Waals surface area contributed by atoms with Crippen LogP contribution in [-0.4, -0.2) is 56.0 Å². The van der Waals surface area contributed by atoms with Gasteiger partial charge in [0.25, 0.3) is 0 Å². The van der Waals surface area contributed by atoms with Crippen LogP contribution < -0.4 is 5.73 Å². The number of nitrogens with zero attached hydrogens (tertiary/aromatic N) is 1. The normalized spacial score (nSPS) is 39.9. The molecule has 0 aromatic carbocycles. The second kappa shape index (κ2) is 7.21. The van der Waals surface area contributed by atoms with Crippen LogP contribution in [0.1, 0.15) is 46.0 Å². The molecule has 0 aromatic rings. The summed E-state index contributed by atoms with van der Waals surface area (Å²) in [6.45, 7) is 8.29. The van der Waals surface area contributed by atoms with Crippen molar-refractivity contribution in [2.24, 2.45) is 11.7 Å². The SMILES string of the molecule is CCCC1CC(CN)(N2CCC(C)C(OC)C2)CCO1. The number of rotatable bonds is 5. The maximum Gasteiger partial charge on any atom is 0.0724 e. The fourth-order valence-electron chi connectivity index (χ4n) is 3.88. The molecule has 4 nitrogen and oxygen atoms in total. The van der Waals surface area contributed by atoms with Crippen LogP contribution in [0.25, 0.3) is 0 Å². The lowest BCUT2D eigenvalue weighted by Crippen LogP contribution is -2.62. The second-order valence-corrected chi connectivity index (χ2v) is 6.65. The standard InChI is InChI=1S/C16H32N2O2/c1-4-5-14-10-16(12-17,7-9-20-14)18-8-6-13(2)15(11-18)19-3/h13-15H,4-12,17H2,1-3H3. The monoisotopic (exact) mass is 284 g/mol. The lowest BCUT2D eigenvalue weighted by Gasteiger charge is -2.51. The molecule has 2 fully saturated rings. The van der Waals surface area contributed by atoms with E-state index in [1.54, 1.807) is 0 Å². The predicted octanol–water partition coefficient (Wildman–Crippen LogP) is 2.02. The van der Waals surface area contributed by atoms with Crippen LogP contribution in [0.3, 0.4) is 0 Å². The highest BCUT2D eigenvalue weighted by Crippen LogP contribution is 2.35. The largest absolute Gasteiger partial charge is 0.380 e. The van der Waals surface area contributed by atoms with Gasteiger partial charge in [-0.2, -0.15) is 0 Å². The van der Waals surface area contributed by atoms with Gasteiger partial charge in [-0.3, -0.25) is 4.90 Å². The van der Waals surface area contributed by atoms with Gasteiger partial charge in [0.05, 0.1) is 12.2 Å². The Balaban J connectivity index is 2.06. The Morgan fingerprint density at radius 2 is 2.25 bits per heavy atom. The fourth-order valence-corrected chi connectivity index (χ4v) is 3.88. The minimum atomic E-state index is 0.134. The van der Waals surface area contributed by atoms with Crippen molar-refractivity contribution in [2.45, 2.75) is 63.7 Å². The molecule has 2 N–H and O–H groups in total. The van der Waals surface area contributed by atoms with Gasteiger partial charge in [-0.15, -0.1) is 0 Å². The first-order chi connectivity index (χ1) is 9.65. The molecule has 2 saturated heterocycles. The van der Waals surface area contributed by atoms with E-state index in [1.165, 1.54) is 12.8 Å². The van der Waals surface area contributed by atoms with E-state index in [1.807, 2.05) is 7.11 Å². The third-order valence-electron chi connectivity index (χ3n) is 5.38. The molecule has 0 radical (unpaired) electrons. The van der Waals surface area contributed by atoms with Gasteiger partial charge in [0.15, 0.2) is 0 Å². The van der Waals surface area contributed by atoms with Crippen molar-refractivity contribution in [3.8, 4) is 0 Å². The summed E-state index contributed by atoms with van der Waals surface area (Å²) in [4.78, 5) is 2.60. The van der Waals surface area contributed by atoms with Crippen molar-refractivity contribution >= 4 is 0 Å². The van der Waals surface area contributed by atoms with Crippen molar-refractivity contribution in [3.63, 3.8) is 0 Å². The molecule has 2 aliphatic rings. The lowest BCUT2D eigenvalue weighted by atomic mass is 9.81. The zero-order chi connectivity index (χ0) is 14.6. The second-order valence-electron chi connectivity index (χ2n) is 6.65. The molecule has 0 bridgehead atoms. The molecule has 118 valence electrons. The molecule has 4 atom stereocenters. The van der Waals surface area contributed by atoms with Crippen LogP contribution in [0.2, 0.25) is 0 Å². The Morgan fingerprint density at radius 1 is 1.45 bits per heavy atom. The minimum Gasteiger partial charge on any atom is -0.380 e. The van der Waals surface area contributed by atoms with E-state index in [0.29, 0.717) is 18.1 Å². The molecule has 0 aromatic heterocycles. The van der Waals surface area contributed by atoms with Crippen molar-refractivity contribution in [1.29, 1.82) is 0 Å². The van der Waals surface area contributed by atoms with Gasteiger partial charge in [-0.1, -0.05) is 20.3 Å². The first-order valence-electron chi connectivity index (χ1n) is 8.24. The molecule has 0 saturated carbocycles. The highest BCUT2D eigenvalue weighted by Gasteiger charge is 2.43. The average molecular weight is 284 g/mol. The summed E-state index contributed by atoms with van der Waals surface area (Å²) < 4.78 is 11.6. The van der Waals surface area contributed by atoms with Gasteiger partial charge in [0.2, 0.25) is 0 Å². The van der Waals surface area contributed by atoms with E-state index in [2.05, 4.69) is 18.7 Å².